The average molecular weight is 353 g/mol. The smallest absolute Gasteiger partial charge is 0.251 e. The van der Waals surface area contributed by atoms with E-state index >= 15 is 0 Å². The van der Waals surface area contributed by atoms with Crippen molar-refractivity contribution in [1.29, 1.82) is 0 Å². The third-order valence-corrected chi connectivity index (χ3v) is 6.57. The molecule has 0 aliphatic carbocycles. The molecule has 1 heterocycles. The highest BCUT2D eigenvalue weighted by atomic mass is 32.2. The zero-order chi connectivity index (χ0) is 17.7. The lowest BCUT2D eigenvalue weighted by atomic mass is 10.1. The van der Waals surface area contributed by atoms with Gasteiger partial charge in [-0.1, -0.05) is 0 Å². The Morgan fingerprint density at radius 2 is 2.00 bits per heavy atom. The zero-order valence-corrected chi connectivity index (χ0v) is 15.4. The minimum atomic E-state index is -3.51. The Kier molecular flexibility index (Phi) is 6.37. The highest BCUT2D eigenvalue weighted by molar-refractivity contribution is 7.89. The lowest BCUT2D eigenvalue weighted by Gasteiger charge is -2.21. The standard InChI is InChI=1S/C17H27N3O3S/c1-13(2)20(3)24(22,23)16-6-4-15(5-7-16)17(21)19-11-9-14-8-10-18-12-14/h4-7,13-14,18H,8-12H2,1-3H3,(H,19,21). The number of hydrogen-bond donors (Lipinski definition) is 2. The molecule has 1 aliphatic heterocycles. The van der Waals surface area contributed by atoms with E-state index in [0.717, 1.165) is 25.9 Å². The molecule has 0 saturated carbocycles. The largest absolute Gasteiger partial charge is 0.352 e. The summed E-state index contributed by atoms with van der Waals surface area (Å²) in [5.41, 5.74) is 0.477. The molecule has 1 aromatic rings. The molecule has 1 aliphatic rings. The van der Waals surface area contributed by atoms with Gasteiger partial charge in [0.2, 0.25) is 10.0 Å². The van der Waals surface area contributed by atoms with Crippen molar-refractivity contribution in [2.45, 2.75) is 37.6 Å². The summed E-state index contributed by atoms with van der Waals surface area (Å²) in [6.45, 7) is 6.35. The van der Waals surface area contributed by atoms with Gasteiger partial charge < -0.3 is 10.6 Å². The molecule has 1 saturated heterocycles. The molecule has 0 spiro atoms. The van der Waals surface area contributed by atoms with Crippen LogP contribution in [0.1, 0.15) is 37.0 Å². The first kappa shape index (κ1) is 18.9. The summed E-state index contributed by atoms with van der Waals surface area (Å²) >= 11 is 0. The number of nitrogens with zero attached hydrogens (tertiary/aromatic N) is 1. The first-order valence-corrected chi connectivity index (χ1v) is 9.83. The molecule has 0 radical (unpaired) electrons. The number of sulfonamides is 1. The van der Waals surface area contributed by atoms with Crippen LogP contribution in [0.4, 0.5) is 0 Å². The summed E-state index contributed by atoms with van der Waals surface area (Å²) < 4.78 is 26.1. The topological polar surface area (TPSA) is 78.5 Å². The van der Waals surface area contributed by atoms with Gasteiger partial charge >= 0.3 is 0 Å². The van der Waals surface area contributed by atoms with Crippen molar-refractivity contribution >= 4 is 15.9 Å². The van der Waals surface area contributed by atoms with E-state index in [2.05, 4.69) is 10.6 Å². The summed E-state index contributed by atoms with van der Waals surface area (Å²) in [7, 11) is -1.96. The van der Waals surface area contributed by atoms with Crippen LogP contribution in [0.3, 0.4) is 0 Å². The average Bonchev–Trinajstić information content (AvgIpc) is 3.07. The van der Waals surface area contributed by atoms with E-state index in [1.165, 1.54) is 16.4 Å². The van der Waals surface area contributed by atoms with Crippen LogP contribution < -0.4 is 10.6 Å². The predicted molar refractivity (Wildman–Crippen MR) is 94.5 cm³/mol. The molecule has 0 aromatic heterocycles. The number of nitrogens with one attached hydrogen (secondary N) is 2. The molecule has 1 amide bonds. The van der Waals surface area contributed by atoms with Crippen LogP contribution in [0.5, 0.6) is 0 Å². The molecule has 134 valence electrons. The molecule has 24 heavy (non-hydrogen) atoms. The van der Waals surface area contributed by atoms with Crippen LogP contribution in [0.2, 0.25) is 0 Å². The van der Waals surface area contributed by atoms with Gasteiger partial charge in [0.05, 0.1) is 4.90 Å². The van der Waals surface area contributed by atoms with Crippen LogP contribution in [0.15, 0.2) is 29.2 Å². The van der Waals surface area contributed by atoms with Crippen LogP contribution in [0.25, 0.3) is 0 Å². The van der Waals surface area contributed by atoms with Gasteiger partial charge in [-0.3, -0.25) is 4.79 Å². The van der Waals surface area contributed by atoms with Gasteiger partial charge in [-0.2, -0.15) is 4.31 Å². The van der Waals surface area contributed by atoms with E-state index in [0.29, 0.717) is 18.0 Å². The fourth-order valence-corrected chi connectivity index (χ4v) is 4.04. The highest BCUT2D eigenvalue weighted by Gasteiger charge is 2.23. The maximum absolute atomic E-state index is 12.4. The SMILES string of the molecule is CC(C)N(C)S(=O)(=O)c1ccc(C(=O)NCCC2CCNC2)cc1. The second-order valence-electron chi connectivity index (χ2n) is 6.54. The quantitative estimate of drug-likeness (QED) is 0.778. The Bertz CT molecular complexity index is 650. The fraction of sp³-hybridized carbons (Fsp3) is 0.588. The van der Waals surface area contributed by atoms with E-state index in [1.807, 2.05) is 13.8 Å². The van der Waals surface area contributed by atoms with Gasteiger partial charge in [-0.05, 0) is 70.0 Å². The molecule has 6 nitrogen and oxygen atoms in total. The van der Waals surface area contributed by atoms with Crippen molar-refractivity contribution in [3.05, 3.63) is 29.8 Å². The Morgan fingerprint density at radius 3 is 2.54 bits per heavy atom. The van der Waals surface area contributed by atoms with Crippen LogP contribution in [-0.4, -0.2) is 51.4 Å². The van der Waals surface area contributed by atoms with E-state index in [9.17, 15) is 13.2 Å². The molecule has 1 atom stereocenters. The third kappa shape index (κ3) is 4.55. The van der Waals surface area contributed by atoms with Gasteiger partial charge in [0.15, 0.2) is 0 Å². The monoisotopic (exact) mass is 353 g/mol. The molecular weight excluding hydrogens is 326 g/mol. The molecule has 1 unspecified atom stereocenters. The van der Waals surface area contributed by atoms with Crippen molar-refractivity contribution in [3.8, 4) is 0 Å². The van der Waals surface area contributed by atoms with Crippen molar-refractivity contribution in [2.75, 3.05) is 26.7 Å². The summed E-state index contributed by atoms with van der Waals surface area (Å²) in [5, 5.41) is 6.20. The Balaban J connectivity index is 1.94. The molecule has 2 N–H and O–H groups in total. The van der Waals surface area contributed by atoms with Crippen molar-refractivity contribution in [3.63, 3.8) is 0 Å². The second kappa shape index (κ2) is 8.09. The Morgan fingerprint density at radius 1 is 1.33 bits per heavy atom. The number of benzene rings is 1. The van der Waals surface area contributed by atoms with Gasteiger partial charge in [-0.15, -0.1) is 0 Å². The normalized spacial score (nSPS) is 18.3. The van der Waals surface area contributed by atoms with E-state index in [4.69, 9.17) is 0 Å². The Labute approximate surface area is 144 Å². The van der Waals surface area contributed by atoms with Crippen LogP contribution in [-0.2, 0) is 10.0 Å². The summed E-state index contributed by atoms with van der Waals surface area (Å²) in [6.07, 6.45) is 2.12. The van der Waals surface area contributed by atoms with Crippen LogP contribution in [0, 0.1) is 5.92 Å². The molecular formula is C17H27N3O3S. The van der Waals surface area contributed by atoms with Gasteiger partial charge in [-0.25, -0.2) is 8.42 Å². The fourth-order valence-electron chi connectivity index (χ4n) is 2.67. The first-order chi connectivity index (χ1) is 11.3. The van der Waals surface area contributed by atoms with Crippen molar-refractivity contribution in [1.82, 2.24) is 14.9 Å². The summed E-state index contributed by atoms with van der Waals surface area (Å²) in [5.74, 6) is 0.464. The lowest BCUT2D eigenvalue weighted by Crippen LogP contribution is -2.33. The van der Waals surface area contributed by atoms with E-state index < -0.39 is 10.0 Å². The molecule has 1 aromatic carbocycles. The minimum Gasteiger partial charge on any atom is -0.352 e. The second-order valence-corrected chi connectivity index (χ2v) is 8.54. The van der Waals surface area contributed by atoms with E-state index in [-0.39, 0.29) is 16.8 Å². The number of amides is 1. The van der Waals surface area contributed by atoms with Crippen LogP contribution >= 0.6 is 0 Å². The summed E-state index contributed by atoms with van der Waals surface area (Å²) in [4.78, 5) is 12.3. The molecule has 2 rings (SSSR count). The molecule has 0 bridgehead atoms. The molecule has 1 fully saturated rings. The predicted octanol–water partition coefficient (Wildman–Crippen LogP) is 1.44. The Hall–Kier alpha value is -1.44. The lowest BCUT2D eigenvalue weighted by molar-refractivity contribution is 0.0951. The molecule has 7 heteroatoms. The van der Waals surface area contributed by atoms with Crippen molar-refractivity contribution in [2.24, 2.45) is 5.92 Å². The van der Waals surface area contributed by atoms with E-state index in [1.54, 1.807) is 19.2 Å². The number of carbonyl (C=O) groups excluding carboxylic acids is 1. The highest BCUT2D eigenvalue weighted by Crippen LogP contribution is 2.17. The number of carbonyl (C=O) groups is 1. The van der Waals surface area contributed by atoms with Gasteiger partial charge in [0, 0.05) is 25.2 Å². The van der Waals surface area contributed by atoms with Crippen molar-refractivity contribution < 1.29 is 13.2 Å². The number of hydrogen-bond acceptors (Lipinski definition) is 4. The maximum Gasteiger partial charge on any atom is 0.251 e. The minimum absolute atomic E-state index is 0.122. The zero-order valence-electron chi connectivity index (χ0n) is 14.6. The third-order valence-electron chi connectivity index (χ3n) is 4.52. The number of rotatable bonds is 7. The van der Waals surface area contributed by atoms with Gasteiger partial charge in [0.25, 0.3) is 5.91 Å². The maximum atomic E-state index is 12.4. The van der Waals surface area contributed by atoms with Gasteiger partial charge in [0.1, 0.15) is 0 Å². The first-order valence-electron chi connectivity index (χ1n) is 8.39. The summed E-state index contributed by atoms with van der Waals surface area (Å²) in [6, 6.07) is 5.98.